The summed E-state index contributed by atoms with van der Waals surface area (Å²) in [5.74, 6) is 0. The average Bonchev–Trinajstić information content (AvgIpc) is 2.47. The normalized spacial score (nSPS) is 10.7. The maximum Gasteiger partial charge on any atom is 0.261 e. The van der Waals surface area contributed by atoms with Crippen LogP contribution in [0.1, 0.15) is 5.56 Å². The van der Waals surface area contributed by atoms with Crippen LogP contribution in [0.2, 0.25) is 0 Å². The lowest BCUT2D eigenvalue weighted by molar-refractivity contribution is 0.601. The van der Waals surface area contributed by atoms with Crippen molar-refractivity contribution in [2.45, 2.75) is 4.90 Å². The molecule has 0 aromatic heterocycles. The monoisotopic (exact) mass is 365 g/mol. The Morgan fingerprint density at radius 1 is 1.14 bits per heavy atom. The maximum atomic E-state index is 12.3. The van der Waals surface area contributed by atoms with Crippen LogP contribution in [0.4, 0.5) is 11.4 Å². The van der Waals surface area contributed by atoms with Crippen molar-refractivity contribution in [3.05, 3.63) is 52.5 Å². The zero-order valence-corrected chi connectivity index (χ0v) is 13.5. The number of nitriles is 1. The van der Waals surface area contributed by atoms with E-state index in [0.717, 1.165) is 5.69 Å². The highest BCUT2D eigenvalue weighted by molar-refractivity contribution is 9.10. The van der Waals surface area contributed by atoms with E-state index in [1.165, 1.54) is 12.1 Å². The van der Waals surface area contributed by atoms with Crippen molar-refractivity contribution < 1.29 is 8.42 Å². The summed E-state index contributed by atoms with van der Waals surface area (Å²) in [6.07, 6.45) is 0. The van der Waals surface area contributed by atoms with E-state index in [1.807, 2.05) is 6.07 Å². The van der Waals surface area contributed by atoms with E-state index in [2.05, 4.69) is 26.0 Å². The highest BCUT2D eigenvalue weighted by Crippen LogP contribution is 2.24. The first-order valence-electron chi connectivity index (χ1n) is 5.96. The predicted molar refractivity (Wildman–Crippen MR) is 85.7 cm³/mol. The number of sulfonamides is 1. The Morgan fingerprint density at radius 3 is 2.38 bits per heavy atom. The molecular formula is C14H12BrN3O2S. The molecule has 2 aromatic rings. The zero-order chi connectivity index (χ0) is 15.5. The number of rotatable bonds is 4. The molecule has 5 nitrogen and oxygen atoms in total. The molecule has 0 amide bonds. The summed E-state index contributed by atoms with van der Waals surface area (Å²) in [5.41, 5.74) is 1.31. The van der Waals surface area contributed by atoms with Crippen LogP contribution < -0.4 is 10.0 Å². The molecule has 0 heterocycles. The molecule has 0 aliphatic carbocycles. The quantitative estimate of drug-likeness (QED) is 0.871. The molecule has 0 spiro atoms. The lowest BCUT2D eigenvalue weighted by atomic mass is 10.2. The largest absolute Gasteiger partial charge is 0.388 e. The highest BCUT2D eigenvalue weighted by Gasteiger charge is 2.16. The number of anilines is 2. The molecule has 7 heteroatoms. The molecule has 2 N–H and O–H groups in total. The van der Waals surface area contributed by atoms with Crippen molar-refractivity contribution in [3.63, 3.8) is 0 Å². The highest BCUT2D eigenvalue weighted by atomic mass is 79.9. The van der Waals surface area contributed by atoms with Crippen molar-refractivity contribution in [1.82, 2.24) is 0 Å². The Kier molecular flexibility index (Phi) is 4.50. The van der Waals surface area contributed by atoms with Crippen LogP contribution in [0.3, 0.4) is 0 Å². The SMILES string of the molecule is CNc1ccc(S(=O)(=O)Nc2cc(Br)ccc2C#N)cc1. The molecule has 2 rings (SSSR count). The second-order valence-corrected chi connectivity index (χ2v) is 6.78. The van der Waals surface area contributed by atoms with Gasteiger partial charge in [-0.15, -0.1) is 0 Å². The molecule has 0 aliphatic rings. The maximum absolute atomic E-state index is 12.3. The van der Waals surface area contributed by atoms with Gasteiger partial charge in [0.15, 0.2) is 0 Å². The van der Waals surface area contributed by atoms with Crippen molar-refractivity contribution in [2.24, 2.45) is 0 Å². The van der Waals surface area contributed by atoms with Gasteiger partial charge >= 0.3 is 0 Å². The molecule has 0 bridgehead atoms. The Morgan fingerprint density at radius 2 is 1.81 bits per heavy atom. The van der Waals surface area contributed by atoms with Crippen LogP contribution in [0, 0.1) is 11.3 Å². The van der Waals surface area contributed by atoms with E-state index in [4.69, 9.17) is 5.26 Å². The minimum Gasteiger partial charge on any atom is -0.388 e. The van der Waals surface area contributed by atoms with Gasteiger partial charge < -0.3 is 5.32 Å². The van der Waals surface area contributed by atoms with E-state index in [9.17, 15) is 8.42 Å². The second-order valence-electron chi connectivity index (χ2n) is 4.18. The minimum atomic E-state index is -3.74. The zero-order valence-electron chi connectivity index (χ0n) is 11.1. The lowest BCUT2D eigenvalue weighted by Crippen LogP contribution is -2.13. The molecule has 21 heavy (non-hydrogen) atoms. The van der Waals surface area contributed by atoms with Gasteiger partial charge in [-0.3, -0.25) is 4.72 Å². The van der Waals surface area contributed by atoms with Gasteiger partial charge in [0.05, 0.1) is 16.1 Å². The fourth-order valence-electron chi connectivity index (χ4n) is 1.70. The van der Waals surface area contributed by atoms with Gasteiger partial charge in [-0.1, -0.05) is 15.9 Å². The Bertz CT molecular complexity index is 796. The molecule has 0 atom stereocenters. The van der Waals surface area contributed by atoms with Gasteiger partial charge in [-0.05, 0) is 42.5 Å². The first-order chi connectivity index (χ1) is 9.96. The second kappa shape index (κ2) is 6.16. The van der Waals surface area contributed by atoms with Crippen LogP contribution in [0.15, 0.2) is 51.8 Å². The molecule has 0 aliphatic heterocycles. The Labute approximate surface area is 131 Å². The van der Waals surface area contributed by atoms with Crippen LogP contribution in [-0.2, 0) is 10.0 Å². The van der Waals surface area contributed by atoms with E-state index in [-0.39, 0.29) is 16.1 Å². The summed E-state index contributed by atoms with van der Waals surface area (Å²) in [6.45, 7) is 0. The third-order valence-electron chi connectivity index (χ3n) is 2.80. The number of halogens is 1. The molecule has 108 valence electrons. The van der Waals surface area contributed by atoms with Gasteiger partial charge in [0.25, 0.3) is 10.0 Å². The lowest BCUT2D eigenvalue weighted by Gasteiger charge is -2.10. The first kappa shape index (κ1) is 15.4. The summed E-state index contributed by atoms with van der Waals surface area (Å²) in [5, 5.41) is 12.0. The molecule has 0 saturated carbocycles. The van der Waals surface area contributed by atoms with Gasteiger partial charge in [0.2, 0.25) is 0 Å². The van der Waals surface area contributed by atoms with Crippen molar-refractivity contribution in [1.29, 1.82) is 5.26 Å². The number of hydrogen-bond acceptors (Lipinski definition) is 4. The minimum absolute atomic E-state index is 0.130. The average molecular weight is 366 g/mol. The summed E-state index contributed by atoms with van der Waals surface area (Å²) >= 11 is 3.26. The fraction of sp³-hybridized carbons (Fsp3) is 0.0714. The van der Waals surface area contributed by atoms with Crippen LogP contribution in [-0.4, -0.2) is 15.5 Å². The Balaban J connectivity index is 2.37. The van der Waals surface area contributed by atoms with Gasteiger partial charge in [-0.2, -0.15) is 5.26 Å². The summed E-state index contributed by atoms with van der Waals surface area (Å²) in [6, 6.07) is 13.1. The third kappa shape index (κ3) is 3.54. The summed E-state index contributed by atoms with van der Waals surface area (Å²) in [7, 11) is -1.98. The molecule has 0 fully saturated rings. The van der Waals surface area contributed by atoms with E-state index in [1.54, 1.807) is 37.4 Å². The van der Waals surface area contributed by atoms with Crippen molar-refractivity contribution >= 4 is 37.3 Å². The number of benzene rings is 2. The molecule has 2 aromatic carbocycles. The van der Waals surface area contributed by atoms with Gasteiger partial charge in [-0.25, -0.2) is 8.42 Å². The predicted octanol–water partition coefficient (Wildman–Crippen LogP) is 3.16. The topological polar surface area (TPSA) is 82.0 Å². The standard InChI is InChI=1S/C14H12BrN3O2S/c1-17-12-4-6-13(7-5-12)21(19,20)18-14-8-11(15)3-2-10(14)9-16/h2-8,17-18H,1H3. The van der Waals surface area contributed by atoms with Crippen molar-refractivity contribution in [3.8, 4) is 6.07 Å². The summed E-state index contributed by atoms with van der Waals surface area (Å²) in [4.78, 5) is 0.130. The number of nitrogens with zero attached hydrogens (tertiary/aromatic N) is 1. The number of nitrogens with one attached hydrogen (secondary N) is 2. The van der Waals surface area contributed by atoms with Crippen LogP contribution >= 0.6 is 15.9 Å². The van der Waals surface area contributed by atoms with E-state index < -0.39 is 10.0 Å². The van der Waals surface area contributed by atoms with E-state index >= 15 is 0 Å². The van der Waals surface area contributed by atoms with Gasteiger partial charge in [0.1, 0.15) is 6.07 Å². The first-order valence-corrected chi connectivity index (χ1v) is 8.24. The van der Waals surface area contributed by atoms with Crippen LogP contribution in [0.25, 0.3) is 0 Å². The van der Waals surface area contributed by atoms with Gasteiger partial charge in [0, 0.05) is 17.2 Å². The van der Waals surface area contributed by atoms with Crippen LogP contribution in [0.5, 0.6) is 0 Å². The molecule has 0 radical (unpaired) electrons. The van der Waals surface area contributed by atoms with Crippen molar-refractivity contribution in [2.75, 3.05) is 17.1 Å². The molecule has 0 unspecified atom stereocenters. The summed E-state index contributed by atoms with van der Waals surface area (Å²) < 4.78 is 27.8. The fourth-order valence-corrected chi connectivity index (χ4v) is 3.13. The molecule has 0 saturated heterocycles. The third-order valence-corrected chi connectivity index (χ3v) is 4.67. The van der Waals surface area contributed by atoms with E-state index in [0.29, 0.717) is 4.47 Å². The number of hydrogen-bond donors (Lipinski definition) is 2. The Hall–Kier alpha value is -2.04. The molecular weight excluding hydrogens is 354 g/mol. The smallest absolute Gasteiger partial charge is 0.261 e.